The van der Waals surface area contributed by atoms with Crippen molar-refractivity contribution in [3.8, 4) is 11.4 Å². The van der Waals surface area contributed by atoms with Gasteiger partial charge >= 0.3 is 0 Å². The van der Waals surface area contributed by atoms with E-state index in [9.17, 15) is 4.79 Å². The maximum absolute atomic E-state index is 12.7. The van der Waals surface area contributed by atoms with Crippen molar-refractivity contribution in [1.82, 2.24) is 14.8 Å². The standard InChI is InChI=1S/C20H15ClN4O2/c1-27-19-16-11-23-25(15-5-3-2-4-6-15)17(16)12-22-18(19)20(26)24-14-9-7-13(21)8-10-14/h2-12H,1H3,(H,24,26). The first-order chi connectivity index (χ1) is 13.2. The predicted octanol–water partition coefficient (Wildman–Crippen LogP) is 4.33. The van der Waals surface area contributed by atoms with Crippen LogP contribution in [0.3, 0.4) is 0 Å². The summed E-state index contributed by atoms with van der Waals surface area (Å²) in [5, 5.41) is 8.52. The molecule has 1 N–H and O–H groups in total. The largest absolute Gasteiger partial charge is 0.493 e. The molecule has 0 aliphatic rings. The summed E-state index contributed by atoms with van der Waals surface area (Å²) in [6, 6.07) is 16.5. The second kappa shape index (κ2) is 7.09. The first kappa shape index (κ1) is 17.1. The molecule has 2 heterocycles. The lowest BCUT2D eigenvalue weighted by molar-refractivity contribution is 0.101. The second-order valence-corrected chi connectivity index (χ2v) is 6.23. The molecule has 0 unspecified atom stereocenters. The fourth-order valence-electron chi connectivity index (χ4n) is 2.84. The first-order valence-electron chi connectivity index (χ1n) is 8.20. The minimum Gasteiger partial charge on any atom is -0.493 e. The number of nitrogens with zero attached hydrogens (tertiary/aromatic N) is 3. The Balaban J connectivity index is 1.74. The van der Waals surface area contributed by atoms with Crippen LogP contribution in [-0.2, 0) is 0 Å². The van der Waals surface area contributed by atoms with Gasteiger partial charge in [-0.1, -0.05) is 29.8 Å². The lowest BCUT2D eigenvalue weighted by Crippen LogP contribution is -2.15. The molecule has 2 aromatic heterocycles. The van der Waals surface area contributed by atoms with Gasteiger partial charge in [0.1, 0.15) is 0 Å². The maximum atomic E-state index is 12.7. The van der Waals surface area contributed by atoms with E-state index >= 15 is 0 Å². The van der Waals surface area contributed by atoms with E-state index in [2.05, 4.69) is 15.4 Å². The van der Waals surface area contributed by atoms with Crippen molar-refractivity contribution in [3.63, 3.8) is 0 Å². The van der Waals surface area contributed by atoms with Crippen molar-refractivity contribution in [2.24, 2.45) is 0 Å². The van der Waals surface area contributed by atoms with Gasteiger partial charge in [-0.2, -0.15) is 5.10 Å². The van der Waals surface area contributed by atoms with Gasteiger partial charge in [0.2, 0.25) is 0 Å². The number of amides is 1. The second-order valence-electron chi connectivity index (χ2n) is 5.79. The molecule has 0 bridgehead atoms. The summed E-state index contributed by atoms with van der Waals surface area (Å²) < 4.78 is 7.24. The Labute approximate surface area is 160 Å². The smallest absolute Gasteiger partial charge is 0.278 e. The zero-order chi connectivity index (χ0) is 18.8. The van der Waals surface area contributed by atoms with E-state index in [1.165, 1.54) is 7.11 Å². The summed E-state index contributed by atoms with van der Waals surface area (Å²) >= 11 is 5.88. The third-order valence-corrected chi connectivity index (χ3v) is 4.36. The fraction of sp³-hybridized carbons (Fsp3) is 0.0500. The van der Waals surface area contributed by atoms with Gasteiger partial charge in [0.25, 0.3) is 5.91 Å². The highest BCUT2D eigenvalue weighted by atomic mass is 35.5. The number of aromatic nitrogens is 3. The van der Waals surface area contributed by atoms with Crippen LogP contribution in [0, 0.1) is 0 Å². The molecule has 4 rings (SSSR count). The number of para-hydroxylation sites is 1. The fourth-order valence-corrected chi connectivity index (χ4v) is 2.96. The Morgan fingerprint density at radius 1 is 1.07 bits per heavy atom. The number of methoxy groups -OCH3 is 1. The molecular formula is C20H15ClN4O2. The molecule has 7 heteroatoms. The number of hydrogen-bond acceptors (Lipinski definition) is 4. The van der Waals surface area contributed by atoms with E-state index in [1.54, 1.807) is 41.3 Å². The Morgan fingerprint density at radius 3 is 2.52 bits per heavy atom. The highest BCUT2D eigenvalue weighted by Gasteiger charge is 2.20. The zero-order valence-corrected chi connectivity index (χ0v) is 15.1. The highest BCUT2D eigenvalue weighted by molar-refractivity contribution is 6.30. The van der Waals surface area contributed by atoms with Crippen LogP contribution in [0.1, 0.15) is 10.5 Å². The Kier molecular flexibility index (Phi) is 4.48. The molecule has 0 spiro atoms. The van der Waals surface area contributed by atoms with E-state index in [0.29, 0.717) is 21.8 Å². The van der Waals surface area contributed by atoms with Gasteiger partial charge in [-0.3, -0.25) is 4.79 Å². The van der Waals surface area contributed by atoms with E-state index < -0.39 is 0 Å². The van der Waals surface area contributed by atoms with Gasteiger partial charge in [0.15, 0.2) is 11.4 Å². The van der Waals surface area contributed by atoms with Gasteiger partial charge < -0.3 is 10.1 Å². The summed E-state index contributed by atoms with van der Waals surface area (Å²) in [4.78, 5) is 17.0. The third-order valence-electron chi connectivity index (χ3n) is 4.10. The van der Waals surface area contributed by atoms with Crippen LogP contribution in [0.25, 0.3) is 16.6 Å². The van der Waals surface area contributed by atoms with E-state index in [1.807, 2.05) is 30.3 Å². The number of halogens is 1. The van der Waals surface area contributed by atoms with Crippen molar-refractivity contribution in [2.75, 3.05) is 12.4 Å². The number of rotatable bonds is 4. The predicted molar refractivity (Wildman–Crippen MR) is 105 cm³/mol. The first-order valence-corrected chi connectivity index (χ1v) is 8.58. The molecule has 0 fully saturated rings. The average Bonchev–Trinajstić information content (AvgIpc) is 3.13. The molecule has 0 saturated heterocycles. The highest BCUT2D eigenvalue weighted by Crippen LogP contribution is 2.30. The number of anilines is 1. The lowest BCUT2D eigenvalue weighted by atomic mass is 10.2. The summed E-state index contributed by atoms with van der Waals surface area (Å²) in [5.74, 6) is 0.00433. The molecular weight excluding hydrogens is 364 g/mol. The number of pyridine rings is 1. The molecule has 0 aliphatic carbocycles. The minimum atomic E-state index is -0.372. The number of hydrogen-bond donors (Lipinski definition) is 1. The van der Waals surface area contributed by atoms with Crippen LogP contribution < -0.4 is 10.1 Å². The summed E-state index contributed by atoms with van der Waals surface area (Å²) in [6.45, 7) is 0. The van der Waals surface area contributed by atoms with Crippen LogP contribution in [0.4, 0.5) is 5.69 Å². The lowest BCUT2D eigenvalue weighted by Gasteiger charge is -2.10. The number of ether oxygens (including phenoxy) is 1. The van der Waals surface area contributed by atoms with Crippen molar-refractivity contribution in [2.45, 2.75) is 0 Å². The van der Waals surface area contributed by atoms with Crippen LogP contribution in [0.2, 0.25) is 5.02 Å². The van der Waals surface area contributed by atoms with Crippen molar-refractivity contribution < 1.29 is 9.53 Å². The maximum Gasteiger partial charge on any atom is 0.278 e. The number of carbonyl (C=O) groups is 1. The van der Waals surface area contributed by atoms with Crippen LogP contribution >= 0.6 is 11.6 Å². The molecule has 1 amide bonds. The Bertz CT molecular complexity index is 1110. The third kappa shape index (κ3) is 3.22. The van der Waals surface area contributed by atoms with Crippen molar-refractivity contribution >= 4 is 34.1 Å². The van der Waals surface area contributed by atoms with E-state index in [-0.39, 0.29) is 11.6 Å². The van der Waals surface area contributed by atoms with Gasteiger partial charge in [-0.05, 0) is 36.4 Å². The molecule has 27 heavy (non-hydrogen) atoms. The number of benzene rings is 2. The van der Waals surface area contributed by atoms with Gasteiger partial charge in [0, 0.05) is 10.7 Å². The van der Waals surface area contributed by atoms with E-state index in [0.717, 1.165) is 11.2 Å². The number of carbonyl (C=O) groups excluding carboxylic acids is 1. The van der Waals surface area contributed by atoms with Gasteiger partial charge in [-0.25, -0.2) is 9.67 Å². The number of nitrogens with one attached hydrogen (secondary N) is 1. The molecule has 0 atom stereocenters. The average molecular weight is 379 g/mol. The molecule has 134 valence electrons. The van der Waals surface area contributed by atoms with Crippen molar-refractivity contribution in [3.05, 3.63) is 77.7 Å². The summed E-state index contributed by atoms with van der Waals surface area (Å²) in [6.07, 6.45) is 3.29. The van der Waals surface area contributed by atoms with Gasteiger partial charge in [0.05, 0.1) is 36.1 Å². The Morgan fingerprint density at radius 2 is 1.81 bits per heavy atom. The van der Waals surface area contributed by atoms with Crippen LogP contribution in [-0.4, -0.2) is 27.8 Å². The summed E-state index contributed by atoms with van der Waals surface area (Å²) in [7, 11) is 1.51. The monoisotopic (exact) mass is 378 g/mol. The van der Waals surface area contributed by atoms with Crippen LogP contribution in [0.5, 0.6) is 5.75 Å². The molecule has 0 saturated carbocycles. The van der Waals surface area contributed by atoms with Crippen LogP contribution in [0.15, 0.2) is 67.0 Å². The normalized spacial score (nSPS) is 10.7. The SMILES string of the molecule is COc1c(C(=O)Nc2ccc(Cl)cc2)ncc2c1cnn2-c1ccccc1. The Hall–Kier alpha value is -3.38. The van der Waals surface area contributed by atoms with Gasteiger partial charge in [-0.15, -0.1) is 0 Å². The van der Waals surface area contributed by atoms with E-state index in [4.69, 9.17) is 16.3 Å². The molecule has 6 nitrogen and oxygen atoms in total. The quantitative estimate of drug-likeness (QED) is 0.573. The molecule has 0 radical (unpaired) electrons. The molecule has 2 aromatic carbocycles. The zero-order valence-electron chi connectivity index (χ0n) is 14.4. The number of fused-ring (bicyclic) bond motifs is 1. The molecule has 0 aliphatic heterocycles. The molecule has 4 aromatic rings. The topological polar surface area (TPSA) is 69.0 Å². The van der Waals surface area contributed by atoms with Crippen molar-refractivity contribution in [1.29, 1.82) is 0 Å². The minimum absolute atomic E-state index is 0.188. The summed E-state index contributed by atoms with van der Waals surface area (Å²) in [5.41, 5.74) is 2.46.